The quantitative estimate of drug-likeness (QED) is 0.793. The second-order valence-electron chi connectivity index (χ2n) is 6.42. The maximum absolute atomic E-state index is 13.4. The van der Waals surface area contributed by atoms with E-state index in [9.17, 15) is 4.39 Å². The van der Waals surface area contributed by atoms with Gasteiger partial charge in [0.25, 0.3) is 0 Å². The Bertz CT molecular complexity index is 807. The van der Waals surface area contributed by atoms with Gasteiger partial charge in [-0.25, -0.2) is 4.39 Å². The zero-order valence-corrected chi connectivity index (χ0v) is 15.6. The summed E-state index contributed by atoms with van der Waals surface area (Å²) < 4.78 is 24.6. The molecule has 4 nitrogen and oxygen atoms in total. The van der Waals surface area contributed by atoms with Crippen molar-refractivity contribution in [3.05, 3.63) is 59.4 Å². The van der Waals surface area contributed by atoms with Crippen LogP contribution in [-0.4, -0.2) is 44.8 Å². The van der Waals surface area contributed by atoms with Gasteiger partial charge in [0.15, 0.2) is 0 Å². The summed E-state index contributed by atoms with van der Waals surface area (Å²) in [5.74, 6) is 7.35. The number of nitrogens with one attached hydrogen (secondary N) is 1. The number of hydrogen-bond donors (Lipinski definition) is 1. The van der Waals surface area contributed by atoms with Crippen LogP contribution >= 0.6 is 0 Å². The fraction of sp³-hybridized carbons (Fsp3) is 0.364. The predicted octanol–water partition coefficient (Wildman–Crippen LogP) is 3.41. The molecule has 5 heteroatoms. The van der Waals surface area contributed by atoms with Crippen LogP contribution in [0.2, 0.25) is 0 Å². The van der Waals surface area contributed by atoms with Crippen LogP contribution in [0.15, 0.2) is 42.5 Å². The smallest absolute Gasteiger partial charge is 0.132 e. The maximum Gasteiger partial charge on any atom is 0.132 e. The predicted molar refractivity (Wildman–Crippen MR) is 104 cm³/mol. The van der Waals surface area contributed by atoms with Gasteiger partial charge in [-0.05, 0) is 37.4 Å². The molecule has 0 saturated carbocycles. The molecular formula is C22H25FN2O2. The Kier molecular flexibility index (Phi) is 7.23. The van der Waals surface area contributed by atoms with Crippen molar-refractivity contribution in [2.45, 2.75) is 13.0 Å². The second kappa shape index (κ2) is 10.1. The summed E-state index contributed by atoms with van der Waals surface area (Å²) in [6.45, 7) is 5.22. The first-order valence-electron chi connectivity index (χ1n) is 9.24. The molecule has 1 aliphatic rings. The molecule has 0 atom stereocenters. The molecule has 1 aliphatic heterocycles. The van der Waals surface area contributed by atoms with Crippen molar-refractivity contribution >= 4 is 0 Å². The van der Waals surface area contributed by atoms with Crippen molar-refractivity contribution in [2.24, 2.45) is 0 Å². The lowest BCUT2D eigenvalue weighted by Crippen LogP contribution is -2.36. The number of benzene rings is 2. The van der Waals surface area contributed by atoms with Crippen molar-refractivity contribution < 1.29 is 13.9 Å². The maximum atomic E-state index is 13.4. The second-order valence-corrected chi connectivity index (χ2v) is 6.42. The number of hydrogen-bond acceptors (Lipinski definition) is 4. The van der Waals surface area contributed by atoms with Crippen molar-refractivity contribution in [3.63, 3.8) is 0 Å². The molecule has 1 saturated heterocycles. The zero-order chi connectivity index (χ0) is 18.9. The summed E-state index contributed by atoms with van der Waals surface area (Å²) in [6.07, 6.45) is 0.836. The van der Waals surface area contributed by atoms with Crippen LogP contribution in [-0.2, 0) is 11.3 Å². The van der Waals surface area contributed by atoms with Gasteiger partial charge in [-0.2, -0.15) is 0 Å². The van der Waals surface area contributed by atoms with E-state index in [1.165, 1.54) is 12.1 Å². The van der Waals surface area contributed by atoms with Gasteiger partial charge in [0.1, 0.15) is 17.3 Å². The highest BCUT2D eigenvalue weighted by Crippen LogP contribution is 2.26. The molecule has 1 N–H and O–H groups in total. The van der Waals surface area contributed by atoms with E-state index >= 15 is 0 Å². The summed E-state index contributed by atoms with van der Waals surface area (Å²) in [5.41, 5.74) is 1.94. The largest absolute Gasteiger partial charge is 0.457 e. The molecule has 0 amide bonds. The highest BCUT2D eigenvalue weighted by Gasteiger charge is 2.09. The van der Waals surface area contributed by atoms with E-state index in [2.05, 4.69) is 22.1 Å². The average Bonchev–Trinajstić information content (AvgIpc) is 2.68. The summed E-state index contributed by atoms with van der Waals surface area (Å²) >= 11 is 0. The van der Waals surface area contributed by atoms with Gasteiger partial charge in [-0.1, -0.05) is 17.9 Å². The van der Waals surface area contributed by atoms with Crippen LogP contribution in [0.3, 0.4) is 0 Å². The van der Waals surface area contributed by atoms with Crippen LogP contribution in [0.5, 0.6) is 11.5 Å². The third-order valence-corrected chi connectivity index (χ3v) is 4.34. The molecule has 0 unspecified atom stereocenters. The van der Waals surface area contributed by atoms with Crippen LogP contribution in [0, 0.1) is 17.7 Å². The van der Waals surface area contributed by atoms with Gasteiger partial charge < -0.3 is 14.8 Å². The van der Waals surface area contributed by atoms with Gasteiger partial charge in [-0.3, -0.25) is 4.90 Å². The zero-order valence-electron chi connectivity index (χ0n) is 15.6. The third-order valence-electron chi connectivity index (χ3n) is 4.34. The molecule has 2 aromatic carbocycles. The molecule has 142 valence electrons. The summed E-state index contributed by atoms with van der Waals surface area (Å²) in [6, 6.07) is 12.0. The standard InChI is InChI=1S/C22H25FN2O2/c1-24-17-19-15-18(5-2-3-10-25-11-13-26-14-12-25)8-9-22(19)27-21-7-4-6-20(23)16-21/h4,6-9,15-16,24H,3,10-14,17H2,1H3. The Balaban J connectivity index is 1.65. The molecule has 3 rings (SSSR count). The molecule has 2 aromatic rings. The lowest BCUT2D eigenvalue weighted by Gasteiger charge is -2.25. The van der Waals surface area contributed by atoms with Crippen LogP contribution in [0.1, 0.15) is 17.5 Å². The fourth-order valence-corrected chi connectivity index (χ4v) is 2.95. The number of rotatable bonds is 6. The molecule has 1 heterocycles. The summed E-state index contributed by atoms with van der Waals surface area (Å²) in [5, 5.41) is 3.14. The normalized spacial score (nSPS) is 14.4. The van der Waals surface area contributed by atoms with E-state index in [-0.39, 0.29) is 5.82 Å². The first-order chi connectivity index (χ1) is 13.2. The van der Waals surface area contributed by atoms with Crippen LogP contribution in [0.4, 0.5) is 4.39 Å². The van der Waals surface area contributed by atoms with Gasteiger partial charge in [0.05, 0.1) is 13.2 Å². The lowest BCUT2D eigenvalue weighted by molar-refractivity contribution is 0.0390. The van der Waals surface area contributed by atoms with Crippen LogP contribution < -0.4 is 10.1 Å². The minimum absolute atomic E-state index is 0.314. The minimum atomic E-state index is -0.314. The average molecular weight is 368 g/mol. The van der Waals surface area contributed by atoms with E-state index < -0.39 is 0 Å². The highest BCUT2D eigenvalue weighted by molar-refractivity contribution is 5.46. The van der Waals surface area contributed by atoms with Crippen molar-refractivity contribution in [1.82, 2.24) is 10.2 Å². The van der Waals surface area contributed by atoms with Crippen LogP contribution in [0.25, 0.3) is 0 Å². The van der Waals surface area contributed by atoms with Gasteiger partial charge in [0.2, 0.25) is 0 Å². The van der Waals surface area contributed by atoms with Gasteiger partial charge in [-0.15, -0.1) is 0 Å². The fourth-order valence-electron chi connectivity index (χ4n) is 2.95. The molecule has 0 bridgehead atoms. The molecule has 1 fully saturated rings. The van der Waals surface area contributed by atoms with E-state index in [1.54, 1.807) is 12.1 Å². The van der Waals surface area contributed by atoms with Crippen molar-refractivity contribution in [3.8, 4) is 23.3 Å². The van der Waals surface area contributed by atoms with Gasteiger partial charge in [0, 0.05) is 49.8 Å². The molecule has 0 aliphatic carbocycles. The van der Waals surface area contributed by atoms with E-state index in [0.29, 0.717) is 18.0 Å². The first-order valence-corrected chi connectivity index (χ1v) is 9.24. The molecule has 0 spiro atoms. The number of ether oxygens (including phenoxy) is 2. The topological polar surface area (TPSA) is 33.7 Å². The molecule has 0 radical (unpaired) electrons. The monoisotopic (exact) mass is 368 g/mol. The minimum Gasteiger partial charge on any atom is -0.457 e. The number of halogens is 1. The first kappa shape index (κ1) is 19.4. The summed E-state index contributed by atoms with van der Waals surface area (Å²) in [4.78, 5) is 2.38. The third kappa shape index (κ3) is 6.07. The molecule has 0 aromatic heterocycles. The van der Waals surface area contributed by atoms with E-state index in [1.807, 2.05) is 25.2 Å². The Morgan fingerprint density at radius 2 is 2.04 bits per heavy atom. The Hall–Kier alpha value is -2.39. The lowest BCUT2D eigenvalue weighted by atomic mass is 10.1. The Morgan fingerprint density at radius 3 is 2.81 bits per heavy atom. The van der Waals surface area contributed by atoms with Gasteiger partial charge >= 0.3 is 0 Å². The number of nitrogens with zero attached hydrogens (tertiary/aromatic N) is 1. The number of morpholine rings is 1. The highest BCUT2D eigenvalue weighted by atomic mass is 19.1. The molecular weight excluding hydrogens is 343 g/mol. The molecule has 27 heavy (non-hydrogen) atoms. The van der Waals surface area contributed by atoms with Crippen molar-refractivity contribution in [1.29, 1.82) is 0 Å². The Morgan fingerprint density at radius 1 is 1.19 bits per heavy atom. The Labute approximate surface area is 160 Å². The van der Waals surface area contributed by atoms with E-state index in [0.717, 1.165) is 50.4 Å². The van der Waals surface area contributed by atoms with E-state index in [4.69, 9.17) is 9.47 Å². The summed E-state index contributed by atoms with van der Waals surface area (Å²) in [7, 11) is 1.88. The SMILES string of the molecule is CNCc1cc(C#CCCN2CCOCC2)ccc1Oc1cccc(F)c1. The van der Waals surface area contributed by atoms with Crippen molar-refractivity contribution in [2.75, 3.05) is 39.9 Å².